The van der Waals surface area contributed by atoms with Crippen LogP contribution in [0.25, 0.3) is 11.0 Å². The van der Waals surface area contributed by atoms with E-state index in [2.05, 4.69) is 24.1 Å². The molecule has 2 amide bonds. The molecule has 1 aliphatic rings. The number of hydrogen-bond acceptors (Lipinski definition) is 3. The summed E-state index contributed by atoms with van der Waals surface area (Å²) < 4.78 is 0. The average molecular weight is 390 g/mol. The standard InChI is InChI=1S/C23H26N4O2/c1-15(2)13-27-14-17(12-20(27)28)23(29)26-21(16-8-4-3-5-9-16)22-24-18-10-6-7-11-19(18)25-22/h3-11,15,17,21H,12-14H2,1-2H3,(H,24,25)(H,26,29)/t17-,21+/m0/s1. The fourth-order valence-corrected chi connectivity index (χ4v) is 3.89. The van der Waals surface area contributed by atoms with E-state index < -0.39 is 6.04 Å². The molecule has 0 radical (unpaired) electrons. The van der Waals surface area contributed by atoms with E-state index in [1.807, 2.05) is 54.6 Å². The van der Waals surface area contributed by atoms with Gasteiger partial charge in [0.25, 0.3) is 0 Å². The summed E-state index contributed by atoms with van der Waals surface area (Å²) in [4.78, 5) is 35.2. The molecule has 2 N–H and O–H groups in total. The van der Waals surface area contributed by atoms with Gasteiger partial charge in [-0.1, -0.05) is 56.3 Å². The number of hydrogen-bond donors (Lipinski definition) is 2. The van der Waals surface area contributed by atoms with Gasteiger partial charge in [-0.15, -0.1) is 0 Å². The Kier molecular flexibility index (Phi) is 5.34. The summed E-state index contributed by atoms with van der Waals surface area (Å²) in [5.41, 5.74) is 2.73. The first-order chi connectivity index (χ1) is 14.0. The van der Waals surface area contributed by atoms with E-state index in [9.17, 15) is 9.59 Å². The van der Waals surface area contributed by atoms with Crippen LogP contribution < -0.4 is 5.32 Å². The monoisotopic (exact) mass is 390 g/mol. The van der Waals surface area contributed by atoms with Crippen LogP contribution in [-0.2, 0) is 9.59 Å². The Balaban J connectivity index is 1.58. The molecule has 0 unspecified atom stereocenters. The molecule has 0 bridgehead atoms. The SMILES string of the molecule is CC(C)CN1C[C@@H](C(=O)N[C@H](c2ccccc2)c2nc3ccccc3[nH]2)CC1=O. The highest BCUT2D eigenvalue weighted by Crippen LogP contribution is 2.25. The molecule has 29 heavy (non-hydrogen) atoms. The number of nitrogens with one attached hydrogen (secondary N) is 2. The molecule has 2 heterocycles. The van der Waals surface area contributed by atoms with E-state index in [-0.39, 0.29) is 24.2 Å². The van der Waals surface area contributed by atoms with Gasteiger partial charge >= 0.3 is 0 Å². The molecule has 2 aromatic carbocycles. The van der Waals surface area contributed by atoms with Crippen molar-refractivity contribution in [3.8, 4) is 0 Å². The van der Waals surface area contributed by atoms with Crippen LogP contribution in [0.4, 0.5) is 0 Å². The number of para-hydroxylation sites is 2. The third-order valence-corrected chi connectivity index (χ3v) is 5.27. The lowest BCUT2D eigenvalue weighted by atomic mass is 10.0. The maximum absolute atomic E-state index is 13.1. The van der Waals surface area contributed by atoms with Gasteiger partial charge in [-0.05, 0) is 23.6 Å². The molecule has 6 nitrogen and oxygen atoms in total. The zero-order valence-corrected chi connectivity index (χ0v) is 16.8. The second kappa shape index (κ2) is 8.07. The second-order valence-corrected chi connectivity index (χ2v) is 8.09. The maximum Gasteiger partial charge on any atom is 0.226 e. The van der Waals surface area contributed by atoms with Crippen LogP contribution >= 0.6 is 0 Å². The minimum absolute atomic E-state index is 0.0545. The second-order valence-electron chi connectivity index (χ2n) is 8.09. The summed E-state index contributed by atoms with van der Waals surface area (Å²) >= 11 is 0. The molecule has 150 valence electrons. The van der Waals surface area contributed by atoms with Crippen LogP contribution in [0.1, 0.15) is 37.7 Å². The summed E-state index contributed by atoms with van der Waals surface area (Å²) in [5, 5.41) is 3.14. The van der Waals surface area contributed by atoms with Crippen molar-refractivity contribution in [2.45, 2.75) is 26.3 Å². The number of likely N-dealkylation sites (tertiary alicyclic amines) is 1. The number of carbonyl (C=O) groups is 2. The smallest absolute Gasteiger partial charge is 0.226 e. The lowest BCUT2D eigenvalue weighted by Crippen LogP contribution is -2.37. The summed E-state index contributed by atoms with van der Waals surface area (Å²) in [6, 6.07) is 17.2. The van der Waals surface area contributed by atoms with Crippen molar-refractivity contribution in [1.82, 2.24) is 20.2 Å². The van der Waals surface area contributed by atoms with Crippen molar-refractivity contribution in [2.75, 3.05) is 13.1 Å². The molecular weight excluding hydrogens is 364 g/mol. The summed E-state index contributed by atoms with van der Waals surface area (Å²) in [6.45, 7) is 5.32. The number of aromatic amines is 1. The van der Waals surface area contributed by atoms with Crippen molar-refractivity contribution < 1.29 is 9.59 Å². The minimum atomic E-state index is -0.398. The van der Waals surface area contributed by atoms with Gasteiger partial charge in [-0.3, -0.25) is 9.59 Å². The molecule has 0 spiro atoms. The van der Waals surface area contributed by atoms with Gasteiger partial charge in [0, 0.05) is 19.5 Å². The lowest BCUT2D eigenvalue weighted by molar-refractivity contribution is -0.129. The molecule has 2 atom stereocenters. The van der Waals surface area contributed by atoms with Gasteiger partial charge in [-0.25, -0.2) is 4.98 Å². The third kappa shape index (κ3) is 4.16. The van der Waals surface area contributed by atoms with Crippen molar-refractivity contribution in [3.05, 3.63) is 66.0 Å². The molecule has 1 aromatic heterocycles. The van der Waals surface area contributed by atoms with E-state index in [1.165, 1.54) is 0 Å². The van der Waals surface area contributed by atoms with E-state index >= 15 is 0 Å². The average Bonchev–Trinajstić information content (AvgIpc) is 3.30. The fraction of sp³-hybridized carbons (Fsp3) is 0.348. The minimum Gasteiger partial charge on any atom is -0.342 e. The molecule has 0 aliphatic carbocycles. The van der Waals surface area contributed by atoms with Crippen molar-refractivity contribution in [2.24, 2.45) is 11.8 Å². The third-order valence-electron chi connectivity index (χ3n) is 5.27. The molecule has 0 saturated carbocycles. The maximum atomic E-state index is 13.1. The van der Waals surface area contributed by atoms with Crippen molar-refractivity contribution in [3.63, 3.8) is 0 Å². The zero-order chi connectivity index (χ0) is 20.4. The van der Waals surface area contributed by atoms with Crippen LogP contribution in [0.5, 0.6) is 0 Å². The Morgan fingerprint density at radius 3 is 2.62 bits per heavy atom. The summed E-state index contributed by atoms with van der Waals surface area (Å²) in [6.07, 6.45) is 0.264. The number of benzene rings is 2. The van der Waals surface area contributed by atoms with E-state index in [1.54, 1.807) is 4.90 Å². The first-order valence-electron chi connectivity index (χ1n) is 10.1. The number of imidazole rings is 1. The first-order valence-corrected chi connectivity index (χ1v) is 10.1. The Morgan fingerprint density at radius 1 is 1.17 bits per heavy atom. The number of amides is 2. The Labute approximate surface area is 170 Å². The number of H-pyrrole nitrogens is 1. The quantitative estimate of drug-likeness (QED) is 0.678. The lowest BCUT2D eigenvalue weighted by Gasteiger charge is -2.21. The first kappa shape index (κ1) is 19.2. The van der Waals surface area contributed by atoms with E-state index in [0.29, 0.717) is 24.8 Å². The molecule has 6 heteroatoms. The summed E-state index contributed by atoms with van der Waals surface area (Å²) in [5.74, 6) is 0.678. The number of fused-ring (bicyclic) bond motifs is 1. The number of rotatable bonds is 6. The molecule has 1 fully saturated rings. The molecule has 3 aromatic rings. The van der Waals surface area contributed by atoms with E-state index in [4.69, 9.17) is 4.98 Å². The van der Waals surface area contributed by atoms with Crippen LogP contribution in [0.2, 0.25) is 0 Å². The van der Waals surface area contributed by atoms with Crippen LogP contribution in [-0.4, -0.2) is 39.8 Å². The predicted molar refractivity (Wildman–Crippen MR) is 112 cm³/mol. The largest absolute Gasteiger partial charge is 0.342 e. The molecular formula is C23H26N4O2. The van der Waals surface area contributed by atoms with Gasteiger partial charge in [0.05, 0.1) is 17.0 Å². The normalized spacial score (nSPS) is 17.8. The highest BCUT2D eigenvalue weighted by Gasteiger charge is 2.35. The van der Waals surface area contributed by atoms with Gasteiger partial charge in [-0.2, -0.15) is 0 Å². The van der Waals surface area contributed by atoms with Crippen molar-refractivity contribution in [1.29, 1.82) is 0 Å². The summed E-state index contributed by atoms with van der Waals surface area (Å²) in [7, 11) is 0. The zero-order valence-electron chi connectivity index (χ0n) is 16.8. The Morgan fingerprint density at radius 2 is 1.90 bits per heavy atom. The van der Waals surface area contributed by atoms with Gasteiger partial charge in [0.15, 0.2) is 0 Å². The number of carbonyl (C=O) groups excluding carboxylic acids is 2. The fourth-order valence-electron chi connectivity index (χ4n) is 3.89. The topological polar surface area (TPSA) is 78.1 Å². The van der Waals surface area contributed by atoms with Crippen LogP contribution in [0, 0.1) is 11.8 Å². The Hall–Kier alpha value is -3.15. The predicted octanol–water partition coefficient (Wildman–Crippen LogP) is 3.27. The number of nitrogens with zero attached hydrogens (tertiary/aromatic N) is 2. The molecule has 4 rings (SSSR count). The van der Waals surface area contributed by atoms with Gasteiger partial charge in [0.1, 0.15) is 11.9 Å². The van der Waals surface area contributed by atoms with Gasteiger partial charge in [0.2, 0.25) is 11.8 Å². The van der Waals surface area contributed by atoms with Crippen LogP contribution in [0.15, 0.2) is 54.6 Å². The molecule has 1 aliphatic heterocycles. The Bertz CT molecular complexity index is 979. The van der Waals surface area contributed by atoms with Crippen LogP contribution in [0.3, 0.4) is 0 Å². The van der Waals surface area contributed by atoms with E-state index in [0.717, 1.165) is 16.6 Å². The highest BCUT2D eigenvalue weighted by atomic mass is 16.2. The number of aromatic nitrogens is 2. The highest BCUT2D eigenvalue weighted by molar-refractivity contribution is 5.89. The van der Waals surface area contributed by atoms with Crippen molar-refractivity contribution >= 4 is 22.8 Å². The molecule has 1 saturated heterocycles. The van der Waals surface area contributed by atoms with Gasteiger partial charge < -0.3 is 15.2 Å².